The largest absolute Gasteiger partial charge is 0.370 e. The normalized spacial score (nSPS) is 10.9. The fourth-order valence-electron chi connectivity index (χ4n) is 2.38. The minimum Gasteiger partial charge on any atom is -0.370 e. The molecule has 0 spiro atoms. The molecule has 1 rings (SSSR count). The molecule has 1 heterocycles. The first-order chi connectivity index (χ1) is 9.65. The Bertz CT molecular complexity index is 390. The van der Waals surface area contributed by atoms with Crippen molar-refractivity contribution < 1.29 is 0 Å². The standard InChI is InChI=1S/C16H30N4/c1-6-9-14-15(17-10-7-2)18-12-19-16(14)20(11-8-3)13(4)5/h12-13H,6-11H2,1-5H3,(H,17,18,19). The van der Waals surface area contributed by atoms with Crippen LogP contribution in [0.1, 0.15) is 59.4 Å². The number of hydrogen-bond acceptors (Lipinski definition) is 4. The summed E-state index contributed by atoms with van der Waals surface area (Å²) in [6, 6.07) is 0.458. The van der Waals surface area contributed by atoms with Crippen molar-refractivity contribution in [1.82, 2.24) is 9.97 Å². The van der Waals surface area contributed by atoms with Crippen LogP contribution in [0.5, 0.6) is 0 Å². The van der Waals surface area contributed by atoms with Crippen LogP contribution in [0, 0.1) is 0 Å². The van der Waals surface area contributed by atoms with Crippen molar-refractivity contribution in [3.8, 4) is 0 Å². The summed E-state index contributed by atoms with van der Waals surface area (Å²) >= 11 is 0. The van der Waals surface area contributed by atoms with E-state index in [2.05, 4.69) is 54.8 Å². The molecule has 0 amide bonds. The first-order valence-electron chi connectivity index (χ1n) is 7.99. The second kappa shape index (κ2) is 8.77. The minimum atomic E-state index is 0.458. The van der Waals surface area contributed by atoms with E-state index in [1.54, 1.807) is 6.33 Å². The summed E-state index contributed by atoms with van der Waals surface area (Å²) in [6.07, 6.45) is 6.06. The van der Waals surface area contributed by atoms with Crippen LogP contribution in [0.2, 0.25) is 0 Å². The lowest BCUT2D eigenvalue weighted by molar-refractivity contribution is 0.655. The third kappa shape index (κ3) is 4.36. The Balaban J connectivity index is 3.14. The van der Waals surface area contributed by atoms with E-state index in [1.807, 2.05) is 0 Å². The van der Waals surface area contributed by atoms with Crippen molar-refractivity contribution in [2.45, 2.75) is 66.3 Å². The Kier molecular flexibility index (Phi) is 7.34. The highest BCUT2D eigenvalue weighted by Gasteiger charge is 2.18. The number of aromatic nitrogens is 2. The Morgan fingerprint density at radius 2 is 1.85 bits per heavy atom. The van der Waals surface area contributed by atoms with Gasteiger partial charge in [-0.15, -0.1) is 0 Å². The zero-order valence-electron chi connectivity index (χ0n) is 13.7. The summed E-state index contributed by atoms with van der Waals surface area (Å²) in [4.78, 5) is 11.4. The van der Waals surface area contributed by atoms with Crippen molar-refractivity contribution in [3.05, 3.63) is 11.9 Å². The summed E-state index contributed by atoms with van der Waals surface area (Å²) in [7, 11) is 0. The van der Waals surface area contributed by atoms with Crippen LogP contribution >= 0.6 is 0 Å². The van der Waals surface area contributed by atoms with E-state index < -0.39 is 0 Å². The molecule has 20 heavy (non-hydrogen) atoms. The first kappa shape index (κ1) is 16.7. The van der Waals surface area contributed by atoms with Gasteiger partial charge in [-0.25, -0.2) is 9.97 Å². The highest BCUT2D eigenvalue weighted by molar-refractivity contribution is 5.59. The van der Waals surface area contributed by atoms with Crippen LogP contribution < -0.4 is 10.2 Å². The van der Waals surface area contributed by atoms with Crippen LogP contribution in [0.15, 0.2) is 6.33 Å². The molecule has 0 atom stereocenters. The molecule has 0 aliphatic carbocycles. The van der Waals surface area contributed by atoms with E-state index in [9.17, 15) is 0 Å². The summed E-state index contributed by atoms with van der Waals surface area (Å²) < 4.78 is 0. The summed E-state index contributed by atoms with van der Waals surface area (Å²) in [5.41, 5.74) is 1.27. The van der Waals surface area contributed by atoms with Crippen molar-refractivity contribution in [1.29, 1.82) is 0 Å². The molecular weight excluding hydrogens is 248 g/mol. The Hall–Kier alpha value is -1.32. The molecule has 4 nitrogen and oxygen atoms in total. The minimum absolute atomic E-state index is 0.458. The Labute approximate surface area is 124 Å². The highest BCUT2D eigenvalue weighted by Crippen LogP contribution is 2.26. The third-order valence-corrected chi connectivity index (χ3v) is 3.32. The van der Waals surface area contributed by atoms with E-state index in [1.165, 1.54) is 5.56 Å². The van der Waals surface area contributed by atoms with E-state index in [-0.39, 0.29) is 0 Å². The summed E-state index contributed by atoms with van der Waals surface area (Å²) in [5.74, 6) is 2.12. The number of nitrogens with zero attached hydrogens (tertiary/aromatic N) is 3. The molecule has 1 N–H and O–H groups in total. The van der Waals surface area contributed by atoms with Gasteiger partial charge in [-0.3, -0.25) is 0 Å². The fraction of sp³-hybridized carbons (Fsp3) is 0.750. The predicted octanol–water partition coefficient (Wildman–Crippen LogP) is 3.88. The molecule has 0 saturated heterocycles. The molecule has 0 fully saturated rings. The number of hydrogen-bond donors (Lipinski definition) is 1. The third-order valence-electron chi connectivity index (χ3n) is 3.32. The van der Waals surface area contributed by atoms with Crippen LogP contribution in [-0.4, -0.2) is 29.1 Å². The Morgan fingerprint density at radius 1 is 1.10 bits per heavy atom. The second-order valence-electron chi connectivity index (χ2n) is 5.49. The summed E-state index contributed by atoms with van der Waals surface area (Å²) in [6.45, 7) is 13.1. The van der Waals surface area contributed by atoms with Crippen molar-refractivity contribution in [2.75, 3.05) is 23.3 Å². The number of anilines is 2. The zero-order valence-corrected chi connectivity index (χ0v) is 13.7. The maximum Gasteiger partial charge on any atom is 0.137 e. The second-order valence-corrected chi connectivity index (χ2v) is 5.49. The maximum absolute atomic E-state index is 4.58. The zero-order chi connectivity index (χ0) is 15.0. The molecule has 0 aliphatic rings. The first-order valence-corrected chi connectivity index (χ1v) is 7.99. The molecule has 114 valence electrons. The molecule has 0 unspecified atom stereocenters. The lowest BCUT2D eigenvalue weighted by atomic mass is 10.1. The average Bonchev–Trinajstić information content (AvgIpc) is 2.43. The number of rotatable bonds is 9. The van der Waals surface area contributed by atoms with Gasteiger partial charge >= 0.3 is 0 Å². The Morgan fingerprint density at radius 3 is 2.40 bits per heavy atom. The van der Waals surface area contributed by atoms with E-state index in [4.69, 9.17) is 0 Å². The van der Waals surface area contributed by atoms with Gasteiger partial charge in [-0.2, -0.15) is 0 Å². The average molecular weight is 278 g/mol. The summed E-state index contributed by atoms with van der Waals surface area (Å²) in [5, 5.41) is 3.45. The molecule has 0 bridgehead atoms. The highest BCUT2D eigenvalue weighted by atomic mass is 15.2. The van der Waals surface area contributed by atoms with Crippen molar-refractivity contribution >= 4 is 11.6 Å². The van der Waals surface area contributed by atoms with Gasteiger partial charge in [0.1, 0.15) is 18.0 Å². The van der Waals surface area contributed by atoms with Crippen molar-refractivity contribution in [2.24, 2.45) is 0 Å². The smallest absolute Gasteiger partial charge is 0.137 e. The molecule has 1 aromatic rings. The molecule has 0 saturated carbocycles. The van der Waals surface area contributed by atoms with Gasteiger partial charge in [0.05, 0.1) is 0 Å². The van der Waals surface area contributed by atoms with E-state index in [0.717, 1.165) is 50.4 Å². The van der Waals surface area contributed by atoms with Crippen LogP contribution in [0.25, 0.3) is 0 Å². The molecule has 0 aliphatic heterocycles. The molecule has 1 aromatic heterocycles. The van der Waals surface area contributed by atoms with Gasteiger partial charge in [-0.05, 0) is 33.1 Å². The maximum atomic E-state index is 4.58. The van der Waals surface area contributed by atoms with Crippen LogP contribution in [-0.2, 0) is 6.42 Å². The van der Waals surface area contributed by atoms with Crippen molar-refractivity contribution in [3.63, 3.8) is 0 Å². The van der Waals surface area contributed by atoms with Crippen LogP contribution in [0.3, 0.4) is 0 Å². The lowest BCUT2D eigenvalue weighted by Gasteiger charge is -2.30. The van der Waals surface area contributed by atoms with Crippen LogP contribution in [0.4, 0.5) is 11.6 Å². The van der Waals surface area contributed by atoms with Gasteiger partial charge in [-0.1, -0.05) is 27.2 Å². The van der Waals surface area contributed by atoms with Gasteiger partial charge in [0.25, 0.3) is 0 Å². The van der Waals surface area contributed by atoms with E-state index >= 15 is 0 Å². The molecular formula is C16H30N4. The quantitative estimate of drug-likeness (QED) is 0.744. The van der Waals surface area contributed by atoms with Gasteiger partial charge in [0.15, 0.2) is 0 Å². The monoisotopic (exact) mass is 278 g/mol. The lowest BCUT2D eigenvalue weighted by Crippen LogP contribution is -2.33. The predicted molar refractivity (Wildman–Crippen MR) is 87.6 cm³/mol. The van der Waals surface area contributed by atoms with Gasteiger partial charge in [0.2, 0.25) is 0 Å². The van der Waals surface area contributed by atoms with E-state index in [0.29, 0.717) is 6.04 Å². The SMILES string of the molecule is CCCNc1ncnc(N(CCC)C(C)C)c1CCC. The van der Waals surface area contributed by atoms with Gasteiger partial charge < -0.3 is 10.2 Å². The van der Waals surface area contributed by atoms with Gasteiger partial charge in [0, 0.05) is 24.7 Å². The fourth-order valence-corrected chi connectivity index (χ4v) is 2.38. The molecule has 0 aromatic carbocycles. The number of nitrogens with one attached hydrogen (secondary N) is 1. The molecule has 0 radical (unpaired) electrons. The topological polar surface area (TPSA) is 41.1 Å². The molecule has 4 heteroatoms.